The molecule has 28 heavy (non-hydrogen) atoms. The summed E-state index contributed by atoms with van der Waals surface area (Å²) in [5, 5.41) is 4.78. The lowest BCUT2D eigenvalue weighted by Crippen LogP contribution is -1.98. The molecule has 0 saturated carbocycles. The Hall–Kier alpha value is -3.33. The Labute approximate surface area is 166 Å². The highest BCUT2D eigenvalue weighted by Gasteiger charge is 2.20. The van der Waals surface area contributed by atoms with Gasteiger partial charge in [0.15, 0.2) is 5.75 Å². The van der Waals surface area contributed by atoms with E-state index in [0.29, 0.717) is 6.61 Å². The van der Waals surface area contributed by atoms with E-state index in [1.165, 1.54) is 11.1 Å². The minimum atomic E-state index is 0.667. The van der Waals surface area contributed by atoms with Gasteiger partial charge >= 0.3 is 0 Å². The normalized spacial score (nSPS) is 10.8. The van der Waals surface area contributed by atoms with Gasteiger partial charge in [-0.2, -0.15) is 5.10 Å². The predicted molar refractivity (Wildman–Crippen MR) is 115 cm³/mol. The van der Waals surface area contributed by atoms with Gasteiger partial charge < -0.3 is 4.74 Å². The maximum absolute atomic E-state index is 6.18. The Morgan fingerprint density at radius 1 is 0.714 bits per heavy atom. The van der Waals surface area contributed by atoms with Crippen molar-refractivity contribution in [2.24, 2.45) is 7.05 Å². The van der Waals surface area contributed by atoms with Crippen molar-refractivity contribution in [3.63, 3.8) is 0 Å². The molecule has 3 aromatic carbocycles. The third kappa shape index (κ3) is 3.56. The zero-order chi connectivity index (χ0) is 19.3. The Morgan fingerprint density at radius 2 is 1.25 bits per heavy atom. The average molecular weight is 368 g/mol. The van der Waals surface area contributed by atoms with Crippen LogP contribution in [0.4, 0.5) is 0 Å². The van der Waals surface area contributed by atoms with E-state index in [1.54, 1.807) is 0 Å². The van der Waals surface area contributed by atoms with E-state index >= 15 is 0 Å². The molecule has 140 valence electrons. The summed E-state index contributed by atoms with van der Waals surface area (Å²) >= 11 is 0. The van der Waals surface area contributed by atoms with Crippen molar-refractivity contribution < 1.29 is 4.74 Å². The molecule has 1 aromatic heterocycles. The minimum absolute atomic E-state index is 0.667. The summed E-state index contributed by atoms with van der Waals surface area (Å²) in [7, 11) is 1.98. The molecule has 0 unspecified atom stereocenters. The first-order valence-electron chi connectivity index (χ1n) is 9.69. The number of hydrogen-bond donors (Lipinski definition) is 0. The molecular weight excluding hydrogens is 344 g/mol. The van der Waals surface area contributed by atoms with Gasteiger partial charge in [-0.3, -0.25) is 4.68 Å². The van der Waals surface area contributed by atoms with Crippen molar-refractivity contribution >= 4 is 0 Å². The lowest BCUT2D eigenvalue weighted by Gasteiger charge is -2.10. The van der Waals surface area contributed by atoms with Gasteiger partial charge in [-0.1, -0.05) is 91.9 Å². The van der Waals surface area contributed by atoms with E-state index in [2.05, 4.69) is 67.6 Å². The Balaban J connectivity index is 1.77. The first-order valence-corrected chi connectivity index (χ1v) is 9.69. The van der Waals surface area contributed by atoms with Crippen molar-refractivity contribution in [1.82, 2.24) is 9.78 Å². The molecule has 4 rings (SSSR count). The van der Waals surface area contributed by atoms with Crippen LogP contribution in [0.1, 0.15) is 13.3 Å². The summed E-state index contributed by atoms with van der Waals surface area (Å²) < 4.78 is 8.10. The number of benzene rings is 3. The number of aryl methyl sites for hydroxylation is 1. The zero-order valence-corrected chi connectivity index (χ0v) is 16.3. The van der Waals surface area contributed by atoms with Gasteiger partial charge in [-0.15, -0.1) is 0 Å². The third-order valence-electron chi connectivity index (χ3n) is 4.77. The molecule has 0 bridgehead atoms. The van der Waals surface area contributed by atoms with E-state index in [4.69, 9.17) is 9.84 Å². The van der Waals surface area contributed by atoms with Crippen LogP contribution < -0.4 is 4.74 Å². The molecule has 0 radical (unpaired) electrons. The average Bonchev–Trinajstić information content (AvgIpc) is 3.09. The van der Waals surface area contributed by atoms with Gasteiger partial charge in [0, 0.05) is 18.2 Å². The van der Waals surface area contributed by atoms with E-state index in [1.807, 2.05) is 36.0 Å². The Kier molecular flexibility index (Phi) is 5.24. The van der Waals surface area contributed by atoms with Crippen molar-refractivity contribution in [2.45, 2.75) is 13.3 Å². The van der Waals surface area contributed by atoms with Gasteiger partial charge in [-0.25, -0.2) is 0 Å². The number of ether oxygens (including phenoxy) is 1. The molecule has 0 atom stereocenters. The fourth-order valence-electron chi connectivity index (χ4n) is 3.40. The fourth-order valence-corrected chi connectivity index (χ4v) is 3.40. The van der Waals surface area contributed by atoms with Crippen LogP contribution in [0, 0.1) is 0 Å². The number of hydrogen-bond acceptors (Lipinski definition) is 2. The van der Waals surface area contributed by atoms with Crippen LogP contribution in [0.3, 0.4) is 0 Å². The molecule has 0 aliphatic carbocycles. The molecule has 4 aromatic rings. The maximum atomic E-state index is 6.18. The van der Waals surface area contributed by atoms with Gasteiger partial charge in [0.1, 0.15) is 11.4 Å². The summed E-state index contributed by atoms with van der Waals surface area (Å²) in [4.78, 5) is 0. The summed E-state index contributed by atoms with van der Waals surface area (Å²) in [6.07, 6.45) is 0.954. The molecule has 0 spiro atoms. The fraction of sp³-hybridized carbons (Fsp3) is 0.160. The molecule has 0 amide bonds. The molecule has 0 N–H and O–H groups in total. The number of rotatable bonds is 6. The molecule has 3 heteroatoms. The van der Waals surface area contributed by atoms with Gasteiger partial charge in [0.25, 0.3) is 0 Å². The maximum Gasteiger partial charge on any atom is 0.173 e. The number of aromatic nitrogens is 2. The SMILES string of the molecule is CCCOc1c(-c2ccccc2)nn(C)c1-c1ccc(-c2ccccc2)cc1. The highest BCUT2D eigenvalue weighted by atomic mass is 16.5. The highest BCUT2D eigenvalue weighted by Crippen LogP contribution is 2.39. The molecule has 0 aliphatic rings. The van der Waals surface area contributed by atoms with Crippen LogP contribution in [-0.2, 0) is 7.05 Å². The second-order valence-electron chi connectivity index (χ2n) is 6.81. The van der Waals surface area contributed by atoms with Crippen molar-refractivity contribution in [3.8, 4) is 39.4 Å². The van der Waals surface area contributed by atoms with Crippen LogP contribution in [-0.4, -0.2) is 16.4 Å². The highest BCUT2D eigenvalue weighted by molar-refractivity contribution is 5.79. The van der Waals surface area contributed by atoms with Crippen LogP contribution in [0.25, 0.3) is 33.6 Å². The van der Waals surface area contributed by atoms with E-state index in [0.717, 1.165) is 34.7 Å². The molecule has 0 aliphatic heterocycles. The molecular formula is C25H24N2O. The van der Waals surface area contributed by atoms with Crippen molar-refractivity contribution in [3.05, 3.63) is 84.9 Å². The zero-order valence-electron chi connectivity index (χ0n) is 16.3. The molecule has 1 heterocycles. The Bertz CT molecular complexity index is 1040. The van der Waals surface area contributed by atoms with E-state index < -0.39 is 0 Å². The van der Waals surface area contributed by atoms with Crippen LogP contribution in [0.15, 0.2) is 84.9 Å². The second kappa shape index (κ2) is 8.13. The van der Waals surface area contributed by atoms with E-state index in [-0.39, 0.29) is 0 Å². The molecule has 0 saturated heterocycles. The lowest BCUT2D eigenvalue weighted by atomic mass is 10.0. The second-order valence-corrected chi connectivity index (χ2v) is 6.81. The quantitative estimate of drug-likeness (QED) is 0.404. The van der Waals surface area contributed by atoms with Gasteiger partial charge in [0.2, 0.25) is 0 Å². The first kappa shape index (κ1) is 18.1. The van der Waals surface area contributed by atoms with Crippen molar-refractivity contribution in [1.29, 1.82) is 0 Å². The van der Waals surface area contributed by atoms with Crippen molar-refractivity contribution in [2.75, 3.05) is 6.61 Å². The monoisotopic (exact) mass is 368 g/mol. The summed E-state index contributed by atoms with van der Waals surface area (Å²) in [6.45, 7) is 2.79. The van der Waals surface area contributed by atoms with Gasteiger partial charge in [0.05, 0.1) is 6.61 Å². The third-order valence-corrected chi connectivity index (χ3v) is 4.77. The Morgan fingerprint density at radius 3 is 1.86 bits per heavy atom. The standard InChI is InChI=1S/C25H24N2O/c1-3-18-28-25-23(21-12-8-5-9-13-21)26-27(2)24(25)22-16-14-20(15-17-22)19-10-6-4-7-11-19/h4-17H,3,18H2,1-2H3. The molecule has 3 nitrogen and oxygen atoms in total. The largest absolute Gasteiger partial charge is 0.489 e. The van der Waals surface area contributed by atoms with Crippen LogP contribution in [0.5, 0.6) is 5.75 Å². The number of nitrogens with zero attached hydrogens (tertiary/aromatic N) is 2. The lowest BCUT2D eigenvalue weighted by molar-refractivity contribution is 0.320. The first-order chi connectivity index (χ1) is 13.8. The topological polar surface area (TPSA) is 27.1 Å². The summed E-state index contributed by atoms with van der Waals surface area (Å²) in [6, 6.07) is 29.2. The van der Waals surface area contributed by atoms with Crippen LogP contribution >= 0.6 is 0 Å². The van der Waals surface area contributed by atoms with E-state index in [9.17, 15) is 0 Å². The minimum Gasteiger partial charge on any atom is -0.489 e. The van der Waals surface area contributed by atoms with Crippen LogP contribution in [0.2, 0.25) is 0 Å². The predicted octanol–water partition coefficient (Wildman–Crippen LogP) is 6.21. The summed E-state index contributed by atoms with van der Waals surface area (Å²) in [5.41, 5.74) is 6.47. The smallest absolute Gasteiger partial charge is 0.173 e. The summed E-state index contributed by atoms with van der Waals surface area (Å²) in [5.74, 6) is 0.850. The molecule has 0 fully saturated rings. The van der Waals surface area contributed by atoms with Gasteiger partial charge in [-0.05, 0) is 17.5 Å².